The molecule has 0 aliphatic rings. The first-order valence-electron chi connectivity index (χ1n) is 5.45. The second-order valence-corrected chi connectivity index (χ2v) is 6.16. The van der Waals surface area contributed by atoms with Crippen LogP contribution in [-0.4, -0.2) is 33.7 Å². The maximum Gasteiger partial charge on any atom is 0.240 e. The Hall–Kier alpha value is -1.34. The lowest BCUT2D eigenvalue weighted by Gasteiger charge is -2.22. The van der Waals surface area contributed by atoms with Crippen LogP contribution >= 0.6 is 11.6 Å². The number of nitrogens with zero attached hydrogens (tertiary/aromatic N) is 1. The zero-order valence-corrected chi connectivity index (χ0v) is 12.1. The maximum absolute atomic E-state index is 13.7. The third-order valence-corrected chi connectivity index (χ3v) is 3.60. The van der Waals surface area contributed by atoms with Gasteiger partial charge >= 0.3 is 0 Å². The molecule has 0 aliphatic carbocycles. The van der Waals surface area contributed by atoms with Crippen molar-refractivity contribution in [1.82, 2.24) is 5.32 Å². The largest absolute Gasteiger partial charge is 0.355 e. The lowest BCUT2D eigenvalue weighted by Crippen LogP contribution is -2.40. The van der Waals surface area contributed by atoms with Gasteiger partial charge in [-0.15, -0.1) is 0 Å². The summed E-state index contributed by atoms with van der Waals surface area (Å²) in [6.07, 6.45) is 0.903. The molecule has 0 aromatic heterocycles. The number of halogens is 2. The van der Waals surface area contributed by atoms with Gasteiger partial charge in [-0.2, -0.15) is 0 Å². The normalized spacial score (nSPS) is 11.2. The molecule has 0 aliphatic heterocycles. The van der Waals surface area contributed by atoms with E-state index in [1.165, 1.54) is 12.1 Å². The van der Waals surface area contributed by atoms with Gasteiger partial charge in [0.05, 0.1) is 11.9 Å². The minimum atomic E-state index is -3.78. The number of likely N-dealkylation sites (N-methyl/N-ethyl adjacent to an activating group) is 1. The summed E-state index contributed by atoms with van der Waals surface area (Å²) in [7, 11) is -3.78. The molecule has 0 unspecified atom stereocenters. The molecule has 19 heavy (non-hydrogen) atoms. The first-order chi connectivity index (χ1) is 8.75. The zero-order chi connectivity index (χ0) is 14.6. The summed E-state index contributed by atoms with van der Waals surface area (Å²) >= 11 is 5.60. The van der Waals surface area contributed by atoms with Gasteiger partial charge in [0.15, 0.2) is 0 Å². The molecule has 0 saturated heterocycles. The van der Waals surface area contributed by atoms with Gasteiger partial charge in [0.25, 0.3) is 0 Å². The highest BCUT2D eigenvalue weighted by Gasteiger charge is 2.23. The lowest BCUT2D eigenvalue weighted by molar-refractivity contribution is -0.119. The van der Waals surface area contributed by atoms with E-state index >= 15 is 0 Å². The number of carbonyl (C=O) groups excluding carboxylic acids is 1. The summed E-state index contributed by atoms with van der Waals surface area (Å²) in [6.45, 7) is 1.58. The van der Waals surface area contributed by atoms with Crippen LogP contribution in [0.1, 0.15) is 6.92 Å². The summed E-state index contributed by atoms with van der Waals surface area (Å²) in [5.41, 5.74) is -0.210. The summed E-state index contributed by atoms with van der Waals surface area (Å²) in [4.78, 5) is 11.5. The predicted molar refractivity (Wildman–Crippen MR) is 72.3 cm³/mol. The highest BCUT2D eigenvalue weighted by molar-refractivity contribution is 7.92. The Kier molecular flexibility index (Phi) is 5.13. The number of anilines is 1. The number of benzene rings is 1. The molecule has 0 bridgehead atoms. The quantitative estimate of drug-likeness (QED) is 0.893. The number of hydrogen-bond acceptors (Lipinski definition) is 3. The van der Waals surface area contributed by atoms with E-state index in [2.05, 4.69) is 5.32 Å². The molecule has 106 valence electrons. The molecule has 5 nitrogen and oxygen atoms in total. The van der Waals surface area contributed by atoms with E-state index in [0.29, 0.717) is 10.8 Å². The van der Waals surface area contributed by atoms with Crippen LogP contribution in [-0.2, 0) is 14.8 Å². The van der Waals surface area contributed by atoms with Gasteiger partial charge < -0.3 is 5.32 Å². The average Bonchev–Trinajstić information content (AvgIpc) is 2.25. The zero-order valence-electron chi connectivity index (χ0n) is 10.5. The van der Waals surface area contributed by atoms with Crippen molar-refractivity contribution in [2.24, 2.45) is 0 Å². The van der Waals surface area contributed by atoms with Crippen molar-refractivity contribution in [3.05, 3.63) is 29.0 Å². The van der Waals surface area contributed by atoms with Crippen LogP contribution in [0.15, 0.2) is 18.2 Å². The van der Waals surface area contributed by atoms with E-state index in [9.17, 15) is 17.6 Å². The molecule has 1 N–H and O–H groups in total. The fourth-order valence-electron chi connectivity index (χ4n) is 1.45. The van der Waals surface area contributed by atoms with Crippen LogP contribution in [0.25, 0.3) is 0 Å². The van der Waals surface area contributed by atoms with Crippen molar-refractivity contribution in [2.45, 2.75) is 6.92 Å². The predicted octanol–water partition coefficient (Wildman–Crippen LogP) is 1.38. The second-order valence-electron chi connectivity index (χ2n) is 3.82. The van der Waals surface area contributed by atoms with Crippen molar-refractivity contribution in [1.29, 1.82) is 0 Å². The fraction of sp³-hybridized carbons (Fsp3) is 0.364. The van der Waals surface area contributed by atoms with E-state index in [0.717, 1.165) is 12.3 Å². The van der Waals surface area contributed by atoms with Crippen LogP contribution in [0.3, 0.4) is 0 Å². The maximum atomic E-state index is 13.7. The Labute approximate surface area is 116 Å². The smallest absolute Gasteiger partial charge is 0.240 e. The Bertz CT molecular complexity index is 577. The van der Waals surface area contributed by atoms with Gasteiger partial charge in [-0.1, -0.05) is 11.6 Å². The summed E-state index contributed by atoms with van der Waals surface area (Å²) < 4.78 is 37.8. The van der Waals surface area contributed by atoms with Crippen molar-refractivity contribution in [2.75, 3.05) is 23.7 Å². The van der Waals surface area contributed by atoms with Gasteiger partial charge in [-0.05, 0) is 25.1 Å². The molecule has 1 aromatic carbocycles. The van der Waals surface area contributed by atoms with Crippen LogP contribution in [0.5, 0.6) is 0 Å². The number of amides is 1. The van der Waals surface area contributed by atoms with E-state index in [1.54, 1.807) is 6.92 Å². The van der Waals surface area contributed by atoms with Crippen LogP contribution in [0, 0.1) is 5.82 Å². The third-order valence-electron chi connectivity index (χ3n) is 2.24. The molecule has 1 aromatic rings. The summed E-state index contributed by atoms with van der Waals surface area (Å²) in [6, 6.07) is 3.57. The fourth-order valence-corrected chi connectivity index (χ4v) is 2.46. The molecule has 0 spiro atoms. The first-order valence-corrected chi connectivity index (χ1v) is 7.67. The number of sulfonamides is 1. The lowest BCUT2D eigenvalue weighted by atomic mass is 10.3. The number of carbonyl (C=O) groups is 1. The molecule has 1 rings (SSSR count). The SMILES string of the molecule is CCNC(=O)CN(c1ccc(Cl)cc1F)S(C)(=O)=O. The molecule has 1 amide bonds. The van der Waals surface area contributed by atoms with Gasteiger partial charge in [0, 0.05) is 11.6 Å². The van der Waals surface area contributed by atoms with E-state index < -0.39 is 28.3 Å². The van der Waals surface area contributed by atoms with Gasteiger partial charge in [0.1, 0.15) is 12.4 Å². The van der Waals surface area contributed by atoms with Gasteiger partial charge in [0.2, 0.25) is 15.9 Å². The molecule has 0 heterocycles. The molecule has 8 heteroatoms. The van der Waals surface area contributed by atoms with Crippen molar-refractivity contribution < 1.29 is 17.6 Å². The molecule has 0 saturated carbocycles. The van der Waals surface area contributed by atoms with E-state index in [1.807, 2.05) is 0 Å². The molecular formula is C11H14ClFN2O3S. The highest BCUT2D eigenvalue weighted by atomic mass is 35.5. The standard InChI is InChI=1S/C11H14ClFN2O3S/c1-3-14-11(16)7-15(19(2,17)18)10-5-4-8(12)6-9(10)13/h4-6H,3,7H2,1-2H3,(H,14,16). The Morgan fingerprint density at radius 3 is 2.58 bits per heavy atom. The number of hydrogen-bond donors (Lipinski definition) is 1. The van der Waals surface area contributed by atoms with Crippen molar-refractivity contribution in [3.8, 4) is 0 Å². The Morgan fingerprint density at radius 1 is 1.47 bits per heavy atom. The average molecular weight is 309 g/mol. The first kappa shape index (κ1) is 15.7. The van der Waals surface area contributed by atoms with Crippen LogP contribution in [0.2, 0.25) is 5.02 Å². The number of nitrogens with one attached hydrogen (secondary N) is 1. The Morgan fingerprint density at radius 2 is 2.11 bits per heavy atom. The minimum Gasteiger partial charge on any atom is -0.355 e. The van der Waals surface area contributed by atoms with Crippen molar-refractivity contribution >= 4 is 33.2 Å². The topological polar surface area (TPSA) is 66.5 Å². The molecular weight excluding hydrogens is 295 g/mol. The van der Waals surface area contributed by atoms with E-state index in [-0.39, 0.29) is 10.7 Å². The molecule has 0 radical (unpaired) electrons. The number of rotatable bonds is 5. The summed E-state index contributed by atoms with van der Waals surface area (Å²) in [5, 5.41) is 2.60. The third kappa shape index (κ3) is 4.36. The van der Waals surface area contributed by atoms with Crippen LogP contribution in [0.4, 0.5) is 10.1 Å². The highest BCUT2D eigenvalue weighted by Crippen LogP contribution is 2.24. The van der Waals surface area contributed by atoms with Crippen molar-refractivity contribution in [3.63, 3.8) is 0 Å². The van der Waals surface area contributed by atoms with Gasteiger partial charge in [-0.25, -0.2) is 12.8 Å². The second kappa shape index (κ2) is 6.21. The van der Waals surface area contributed by atoms with Crippen LogP contribution < -0.4 is 9.62 Å². The van der Waals surface area contributed by atoms with Gasteiger partial charge in [-0.3, -0.25) is 9.10 Å². The summed E-state index contributed by atoms with van der Waals surface area (Å²) in [5.74, 6) is -1.32. The Balaban J connectivity index is 3.14. The molecule has 0 atom stereocenters. The monoisotopic (exact) mass is 308 g/mol. The van der Waals surface area contributed by atoms with E-state index in [4.69, 9.17) is 11.6 Å². The minimum absolute atomic E-state index is 0.146. The molecule has 0 fully saturated rings.